The lowest BCUT2D eigenvalue weighted by Gasteiger charge is -2.31. The molecule has 0 spiro atoms. The highest BCUT2D eigenvalue weighted by molar-refractivity contribution is 7.80. The summed E-state index contributed by atoms with van der Waals surface area (Å²) < 4.78 is 5.59. The molecule has 0 radical (unpaired) electrons. The van der Waals surface area contributed by atoms with E-state index < -0.39 is 11.1 Å². The Hall–Kier alpha value is -0.300. The first-order chi connectivity index (χ1) is 14.3. The molecule has 0 heterocycles. The van der Waals surface area contributed by atoms with Crippen molar-refractivity contribution in [2.45, 2.75) is 125 Å². The fourth-order valence-corrected chi connectivity index (χ4v) is 2.85. The van der Waals surface area contributed by atoms with Gasteiger partial charge in [0, 0.05) is 13.0 Å². The van der Waals surface area contributed by atoms with E-state index in [1.807, 2.05) is 34.6 Å². The Kier molecular flexibility index (Phi) is 20.5. The van der Waals surface area contributed by atoms with Gasteiger partial charge in [-0.3, -0.25) is 4.79 Å². The molecule has 3 N–H and O–H groups in total. The fraction of sp³-hybridized carbons (Fsp3) is 0.962. The molecule has 0 aromatic carbocycles. The summed E-state index contributed by atoms with van der Waals surface area (Å²) >= 11 is 4.24. The average Bonchev–Trinajstić information content (AvgIpc) is 2.57. The van der Waals surface area contributed by atoms with E-state index in [0.29, 0.717) is 31.0 Å². The van der Waals surface area contributed by atoms with Crippen LogP contribution in [-0.2, 0) is 9.53 Å². The van der Waals surface area contributed by atoms with Gasteiger partial charge in [0.2, 0.25) is 5.91 Å². The summed E-state index contributed by atoms with van der Waals surface area (Å²) in [7, 11) is 0. The Morgan fingerprint density at radius 3 is 1.66 bits per heavy atom. The van der Waals surface area contributed by atoms with Gasteiger partial charge in [0.15, 0.2) is 0 Å². The number of hydrogen-bond donors (Lipinski definition) is 4. The number of rotatable bonds is 11. The van der Waals surface area contributed by atoms with Crippen LogP contribution in [0.3, 0.4) is 0 Å². The Bertz CT molecular complexity index is 455. The number of aliphatic hydroxyl groups is 2. The van der Waals surface area contributed by atoms with E-state index in [1.54, 1.807) is 0 Å². The van der Waals surface area contributed by atoms with Crippen LogP contribution in [-0.4, -0.2) is 52.3 Å². The smallest absolute Gasteiger partial charge is 0.220 e. The van der Waals surface area contributed by atoms with E-state index in [4.69, 9.17) is 14.9 Å². The summed E-state index contributed by atoms with van der Waals surface area (Å²) in [6.07, 6.45) is 3.48. The molecule has 0 saturated carbocycles. The lowest BCUT2D eigenvalue weighted by atomic mass is 9.86. The molecule has 0 bridgehead atoms. The second-order valence-electron chi connectivity index (χ2n) is 12.1. The number of carbonyl (C=O) groups is 1. The third kappa shape index (κ3) is 31.9. The number of carbonyl (C=O) groups excluding carboxylic acids is 1. The lowest BCUT2D eigenvalue weighted by molar-refractivity contribution is -0.125. The molecular formula is C26H57NO4S. The maximum Gasteiger partial charge on any atom is 0.220 e. The summed E-state index contributed by atoms with van der Waals surface area (Å²) in [6.45, 7) is 25.6. The van der Waals surface area contributed by atoms with Gasteiger partial charge < -0.3 is 20.3 Å². The van der Waals surface area contributed by atoms with Crippen molar-refractivity contribution in [2.75, 3.05) is 19.8 Å². The summed E-state index contributed by atoms with van der Waals surface area (Å²) in [5.74, 6) is 1.50. The number of hydrogen-bond acceptors (Lipinski definition) is 5. The van der Waals surface area contributed by atoms with Gasteiger partial charge in [-0.25, -0.2) is 0 Å². The predicted octanol–water partition coefficient (Wildman–Crippen LogP) is 5.87. The van der Waals surface area contributed by atoms with Crippen molar-refractivity contribution < 1.29 is 19.7 Å². The van der Waals surface area contributed by atoms with Crippen molar-refractivity contribution in [3.05, 3.63) is 0 Å². The van der Waals surface area contributed by atoms with E-state index in [-0.39, 0.29) is 17.8 Å². The molecule has 1 atom stereocenters. The van der Waals surface area contributed by atoms with Crippen LogP contribution in [0, 0.1) is 17.3 Å². The molecule has 0 aliphatic carbocycles. The number of amides is 1. The maximum atomic E-state index is 11.7. The molecule has 32 heavy (non-hydrogen) atoms. The minimum absolute atomic E-state index is 0.00584. The largest absolute Gasteiger partial charge is 0.396 e. The lowest BCUT2D eigenvalue weighted by Crippen LogP contribution is -2.49. The first-order valence-electron chi connectivity index (χ1n) is 12.1. The van der Waals surface area contributed by atoms with E-state index in [9.17, 15) is 4.79 Å². The van der Waals surface area contributed by atoms with E-state index in [1.165, 1.54) is 6.42 Å². The highest BCUT2D eigenvalue weighted by Crippen LogP contribution is 2.23. The number of thiol groups is 1. The van der Waals surface area contributed by atoms with Gasteiger partial charge in [-0.15, -0.1) is 0 Å². The molecule has 0 saturated heterocycles. The van der Waals surface area contributed by atoms with Crippen LogP contribution in [0.1, 0.15) is 109 Å². The van der Waals surface area contributed by atoms with Gasteiger partial charge in [-0.05, 0) is 69.5 Å². The van der Waals surface area contributed by atoms with Crippen LogP contribution in [0.15, 0.2) is 0 Å². The molecule has 5 nitrogen and oxygen atoms in total. The van der Waals surface area contributed by atoms with Gasteiger partial charge in [0.25, 0.3) is 0 Å². The average molecular weight is 480 g/mol. The van der Waals surface area contributed by atoms with E-state index >= 15 is 0 Å². The molecule has 0 fully saturated rings. The first kappa shape index (κ1) is 36.3. The Balaban J connectivity index is -0.000000492. The molecule has 0 aromatic heterocycles. The summed E-state index contributed by atoms with van der Waals surface area (Å²) in [4.78, 5) is 11.7. The maximum absolute atomic E-state index is 11.7. The number of ether oxygens (including phenoxy) is 1. The topological polar surface area (TPSA) is 78.8 Å². The van der Waals surface area contributed by atoms with Crippen LogP contribution in [0.25, 0.3) is 0 Å². The second-order valence-corrected chi connectivity index (χ2v) is 13.0. The standard InChI is InChI=1S/C13H27NO3S.C8H18.C5H12O/c1-10(18)6-7-11(16)14-12(2,3)9-17-13(4,5)8-15;1-7(2)6-8(3,4)5;1-5(2)3-4-6/h10,15,18H,6-9H2,1-5H3,(H,14,16);7H,6H2,1-5H3;5-6H,3-4H2,1-2H3. The molecule has 196 valence electrons. The molecule has 0 rings (SSSR count). The number of nitrogens with one attached hydrogen (secondary N) is 1. The Morgan fingerprint density at radius 1 is 0.906 bits per heavy atom. The molecule has 1 amide bonds. The number of aliphatic hydroxyl groups excluding tert-OH is 2. The van der Waals surface area contributed by atoms with E-state index in [0.717, 1.165) is 18.8 Å². The van der Waals surface area contributed by atoms with Crippen molar-refractivity contribution in [1.82, 2.24) is 5.32 Å². The first-order valence-corrected chi connectivity index (χ1v) is 12.6. The van der Waals surface area contributed by atoms with Crippen molar-refractivity contribution in [1.29, 1.82) is 0 Å². The minimum atomic E-state index is -0.582. The van der Waals surface area contributed by atoms with Gasteiger partial charge >= 0.3 is 0 Å². The predicted molar refractivity (Wildman–Crippen MR) is 142 cm³/mol. The minimum Gasteiger partial charge on any atom is -0.396 e. The normalized spacial score (nSPS) is 13.2. The van der Waals surface area contributed by atoms with Crippen molar-refractivity contribution >= 4 is 18.5 Å². The zero-order chi connectivity index (χ0) is 26.2. The van der Waals surface area contributed by atoms with Crippen LogP contribution in [0.2, 0.25) is 0 Å². The SMILES string of the molecule is CC(C)CC(C)(C)C.CC(C)CCO.CC(S)CCC(=O)NC(C)(C)COC(C)(C)CO. The van der Waals surface area contributed by atoms with Gasteiger partial charge in [0.05, 0.1) is 24.4 Å². The van der Waals surface area contributed by atoms with Gasteiger partial charge in [0.1, 0.15) is 0 Å². The van der Waals surface area contributed by atoms with Gasteiger partial charge in [-0.1, -0.05) is 55.4 Å². The van der Waals surface area contributed by atoms with E-state index in [2.05, 4.69) is 66.4 Å². The van der Waals surface area contributed by atoms with Crippen LogP contribution in [0.5, 0.6) is 0 Å². The molecular weight excluding hydrogens is 422 g/mol. The quantitative estimate of drug-likeness (QED) is 0.279. The zero-order valence-electron chi connectivity index (χ0n) is 23.3. The fourth-order valence-electron chi connectivity index (χ4n) is 2.72. The van der Waals surface area contributed by atoms with Gasteiger partial charge in [-0.2, -0.15) is 12.6 Å². The molecule has 6 heteroatoms. The summed E-state index contributed by atoms with van der Waals surface area (Å²) in [5.41, 5.74) is -0.501. The molecule has 0 aromatic rings. The third-order valence-corrected chi connectivity index (χ3v) is 4.46. The highest BCUT2D eigenvalue weighted by atomic mass is 32.1. The summed E-state index contributed by atoms with van der Waals surface area (Å²) in [5, 5.41) is 20.5. The second kappa shape index (κ2) is 18.1. The van der Waals surface area contributed by atoms with Crippen molar-refractivity contribution in [3.8, 4) is 0 Å². The highest BCUT2D eigenvalue weighted by Gasteiger charge is 2.25. The van der Waals surface area contributed by atoms with Crippen LogP contribution < -0.4 is 5.32 Å². The third-order valence-electron chi connectivity index (χ3n) is 4.20. The molecule has 1 unspecified atom stereocenters. The van der Waals surface area contributed by atoms with Crippen molar-refractivity contribution in [3.63, 3.8) is 0 Å². The monoisotopic (exact) mass is 479 g/mol. The Labute approximate surface area is 205 Å². The molecule has 0 aliphatic rings. The Morgan fingerprint density at radius 2 is 1.41 bits per heavy atom. The van der Waals surface area contributed by atoms with Crippen LogP contribution >= 0.6 is 12.6 Å². The zero-order valence-corrected chi connectivity index (χ0v) is 24.2. The van der Waals surface area contributed by atoms with Crippen LogP contribution in [0.4, 0.5) is 0 Å². The molecule has 0 aliphatic heterocycles. The summed E-state index contributed by atoms with van der Waals surface area (Å²) in [6, 6.07) is 0. The van der Waals surface area contributed by atoms with Crippen molar-refractivity contribution in [2.24, 2.45) is 17.3 Å².